The number of hydrogen-bond acceptors (Lipinski definition) is 6. The number of unbranched alkanes of at least 4 members (excludes halogenated alkanes) is 3. The number of carbonyl (C=O) groups excluding carboxylic acids is 2. The largest absolute Gasteiger partial charge is 0.496 e. The Morgan fingerprint density at radius 1 is 1.10 bits per heavy atom. The molecule has 3 rings (SSSR count). The van der Waals surface area contributed by atoms with Gasteiger partial charge in [0.25, 0.3) is 0 Å². The highest BCUT2D eigenvalue weighted by molar-refractivity contribution is 7.10. The molecule has 0 spiro atoms. The van der Waals surface area contributed by atoms with Crippen molar-refractivity contribution in [1.82, 2.24) is 4.98 Å². The van der Waals surface area contributed by atoms with Crippen molar-refractivity contribution in [1.29, 1.82) is 0 Å². The first kappa shape index (κ1) is 31.0. The minimum absolute atomic E-state index is 0.0755. The number of methoxy groups -OCH3 is 1. The lowest BCUT2D eigenvalue weighted by Gasteiger charge is -2.18. The Morgan fingerprint density at radius 2 is 1.82 bits per heavy atom. The summed E-state index contributed by atoms with van der Waals surface area (Å²) in [5.41, 5.74) is 4.01. The smallest absolute Gasteiger partial charge is 0.169 e. The first-order chi connectivity index (χ1) is 18.7. The van der Waals surface area contributed by atoms with E-state index in [0.717, 1.165) is 29.0 Å². The van der Waals surface area contributed by atoms with Crippen molar-refractivity contribution in [3.05, 3.63) is 73.0 Å². The predicted molar refractivity (Wildman–Crippen MR) is 161 cm³/mol. The molecule has 1 aromatic heterocycles. The Morgan fingerprint density at radius 3 is 2.46 bits per heavy atom. The van der Waals surface area contributed by atoms with Crippen LogP contribution in [0, 0.1) is 0 Å². The van der Waals surface area contributed by atoms with Crippen molar-refractivity contribution >= 4 is 52.2 Å². The number of carbonyl (C=O) groups is 2. The minimum Gasteiger partial charge on any atom is -0.496 e. The highest BCUT2D eigenvalue weighted by Gasteiger charge is 2.20. The zero-order valence-electron chi connectivity index (χ0n) is 23.1. The summed E-state index contributed by atoms with van der Waals surface area (Å²) >= 11 is 14.2. The lowest BCUT2D eigenvalue weighted by Crippen LogP contribution is -2.05. The van der Waals surface area contributed by atoms with Crippen LogP contribution in [0.5, 0.6) is 5.75 Å². The van der Waals surface area contributed by atoms with Gasteiger partial charge >= 0.3 is 0 Å². The average Bonchev–Trinajstić information content (AvgIpc) is 3.37. The van der Waals surface area contributed by atoms with Crippen LogP contribution in [0.15, 0.2) is 41.3 Å². The Kier molecular flexibility index (Phi) is 11.7. The maximum Gasteiger partial charge on any atom is 0.169 e. The Balaban J connectivity index is 1.77. The Labute approximate surface area is 245 Å². The third-order valence-electron chi connectivity index (χ3n) is 6.51. The van der Waals surface area contributed by atoms with Crippen molar-refractivity contribution in [2.45, 2.75) is 65.9 Å². The molecule has 0 amide bonds. The van der Waals surface area contributed by atoms with Crippen molar-refractivity contribution in [2.75, 3.05) is 13.7 Å². The van der Waals surface area contributed by atoms with Gasteiger partial charge in [0.2, 0.25) is 0 Å². The van der Waals surface area contributed by atoms with Gasteiger partial charge in [-0.05, 0) is 57.0 Å². The topological polar surface area (TPSA) is 65.5 Å². The van der Waals surface area contributed by atoms with E-state index >= 15 is 0 Å². The number of ketones is 2. The molecule has 0 aliphatic carbocycles. The van der Waals surface area contributed by atoms with Gasteiger partial charge in [-0.1, -0.05) is 61.5 Å². The van der Waals surface area contributed by atoms with Gasteiger partial charge in [0.05, 0.1) is 35.4 Å². The number of rotatable bonds is 14. The molecule has 0 saturated heterocycles. The lowest BCUT2D eigenvalue weighted by atomic mass is 10.0. The second-order valence-electron chi connectivity index (χ2n) is 9.47. The number of aromatic nitrogens is 1. The molecule has 208 valence electrons. The SMILES string of the molecule is CCCCCCOC(C)c1cccc(-c2csc(CC(=O)c3cc(Cl)c(/C=C(\C)C(C)=O)c(Cl)c3)n2)c1OC. The van der Waals surface area contributed by atoms with Gasteiger partial charge in [0.1, 0.15) is 10.8 Å². The molecule has 2 aromatic carbocycles. The first-order valence-electron chi connectivity index (χ1n) is 13.1. The fourth-order valence-corrected chi connectivity index (χ4v) is 5.53. The van der Waals surface area contributed by atoms with E-state index in [9.17, 15) is 9.59 Å². The molecule has 0 aliphatic rings. The van der Waals surface area contributed by atoms with E-state index in [-0.39, 0.29) is 24.1 Å². The number of halogens is 2. The second kappa shape index (κ2) is 14.8. The molecule has 8 heteroatoms. The summed E-state index contributed by atoms with van der Waals surface area (Å²) in [6.07, 6.45) is 6.24. The third-order valence-corrected chi connectivity index (χ3v) is 7.98. The van der Waals surface area contributed by atoms with E-state index in [0.29, 0.717) is 38.4 Å². The lowest BCUT2D eigenvalue weighted by molar-refractivity contribution is -0.113. The van der Waals surface area contributed by atoms with Crippen LogP contribution in [-0.4, -0.2) is 30.3 Å². The quantitative estimate of drug-likeness (QED) is 0.107. The molecule has 39 heavy (non-hydrogen) atoms. The number of hydrogen-bond donors (Lipinski definition) is 0. The van der Waals surface area contributed by atoms with Gasteiger partial charge in [0.15, 0.2) is 11.6 Å². The van der Waals surface area contributed by atoms with Crippen LogP contribution in [0.3, 0.4) is 0 Å². The number of ether oxygens (including phenoxy) is 2. The summed E-state index contributed by atoms with van der Waals surface area (Å²) < 4.78 is 11.9. The number of thiazole rings is 1. The molecule has 1 heterocycles. The highest BCUT2D eigenvalue weighted by atomic mass is 35.5. The number of para-hydroxylation sites is 1. The van der Waals surface area contributed by atoms with Crippen molar-refractivity contribution in [2.24, 2.45) is 0 Å². The molecular formula is C31H35Cl2NO4S. The summed E-state index contributed by atoms with van der Waals surface area (Å²) in [7, 11) is 1.65. The fraction of sp³-hybridized carbons (Fsp3) is 0.387. The van der Waals surface area contributed by atoms with Gasteiger partial charge < -0.3 is 9.47 Å². The third kappa shape index (κ3) is 8.24. The molecule has 0 radical (unpaired) electrons. The van der Waals surface area contributed by atoms with E-state index in [4.69, 9.17) is 37.7 Å². The monoisotopic (exact) mass is 587 g/mol. The second-order valence-corrected chi connectivity index (χ2v) is 11.2. The highest BCUT2D eigenvalue weighted by Crippen LogP contribution is 2.38. The summed E-state index contributed by atoms with van der Waals surface area (Å²) in [4.78, 5) is 29.4. The maximum absolute atomic E-state index is 13.1. The first-order valence-corrected chi connectivity index (χ1v) is 14.7. The zero-order chi connectivity index (χ0) is 28.5. The molecule has 1 unspecified atom stereocenters. The van der Waals surface area contributed by atoms with Crippen LogP contribution in [0.1, 0.15) is 86.0 Å². The van der Waals surface area contributed by atoms with E-state index < -0.39 is 0 Å². The van der Waals surface area contributed by atoms with Crippen LogP contribution >= 0.6 is 34.5 Å². The van der Waals surface area contributed by atoms with E-state index in [1.165, 1.54) is 37.5 Å². The molecule has 0 fully saturated rings. The number of Topliss-reactive ketones (excluding diaryl/α,β-unsaturated/α-hetero) is 2. The van der Waals surface area contributed by atoms with Crippen LogP contribution in [-0.2, 0) is 16.0 Å². The van der Waals surface area contributed by atoms with Gasteiger partial charge in [0, 0.05) is 34.2 Å². The molecule has 1 atom stereocenters. The van der Waals surface area contributed by atoms with Crippen LogP contribution in [0.2, 0.25) is 10.0 Å². The van der Waals surface area contributed by atoms with Crippen molar-refractivity contribution in [3.63, 3.8) is 0 Å². The number of nitrogens with zero attached hydrogens (tertiary/aromatic N) is 1. The van der Waals surface area contributed by atoms with Gasteiger partial charge in [-0.25, -0.2) is 4.98 Å². The average molecular weight is 589 g/mol. The molecule has 0 saturated carbocycles. The maximum atomic E-state index is 13.1. The standard InChI is InChI=1S/C31H35Cl2NO4S/c1-6-7-8-9-13-38-21(4)23-11-10-12-24(31(23)37-5)28-18-39-30(34-28)17-29(36)22-15-26(32)25(27(33)16-22)14-19(2)20(3)35/h10-12,14-16,18,21H,6-9,13,17H2,1-5H3/b19-14+. The van der Waals surface area contributed by atoms with Crippen LogP contribution in [0.4, 0.5) is 0 Å². The number of allylic oxidation sites excluding steroid dienone is 1. The Bertz CT molecular complexity index is 1330. The number of benzene rings is 2. The van der Waals surface area contributed by atoms with E-state index in [1.54, 1.807) is 32.2 Å². The molecule has 5 nitrogen and oxygen atoms in total. The summed E-state index contributed by atoms with van der Waals surface area (Å²) in [5.74, 6) is 0.502. The normalized spacial score (nSPS) is 12.4. The summed E-state index contributed by atoms with van der Waals surface area (Å²) in [5, 5.41) is 3.23. The van der Waals surface area contributed by atoms with Gasteiger partial charge in [-0.2, -0.15) is 0 Å². The molecular weight excluding hydrogens is 553 g/mol. The fourth-order valence-electron chi connectivity index (χ4n) is 4.14. The summed E-state index contributed by atoms with van der Waals surface area (Å²) in [6.45, 7) is 8.11. The molecule has 3 aromatic rings. The molecule has 0 aliphatic heterocycles. The van der Waals surface area contributed by atoms with E-state index in [2.05, 4.69) is 6.92 Å². The van der Waals surface area contributed by atoms with Crippen molar-refractivity contribution < 1.29 is 19.1 Å². The van der Waals surface area contributed by atoms with Crippen molar-refractivity contribution in [3.8, 4) is 17.0 Å². The molecule has 0 bridgehead atoms. The minimum atomic E-state index is -0.149. The molecule has 0 N–H and O–H groups in total. The Hall–Kier alpha value is -2.51. The van der Waals surface area contributed by atoms with E-state index in [1.807, 2.05) is 30.5 Å². The van der Waals surface area contributed by atoms with Crippen LogP contribution in [0.25, 0.3) is 17.3 Å². The van der Waals surface area contributed by atoms with Gasteiger partial charge in [-0.3, -0.25) is 9.59 Å². The van der Waals surface area contributed by atoms with Gasteiger partial charge in [-0.15, -0.1) is 11.3 Å². The summed E-state index contributed by atoms with van der Waals surface area (Å²) in [6, 6.07) is 9.12. The zero-order valence-corrected chi connectivity index (χ0v) is 25.4. The predicted octanol–water partition coefficient (Wildman–Crippen LogP) is 9.20. The van der Waals surface area contributed by atoms with Crippen LogP contribution < -0.4 is 4.74 Å².